The van der Waals surface area contributed by atoms with Crippen LogP contribution in [0.2, 0.25) is 0 Å². The van der Waals surface area contributed by atoms with Crippen molar-refractivity contribution in [1.82, 2.24) is 15.6 Å². The highest BCUT2D eigenvalue weighted by Gasteiger charge is 2.38. The summed E-state index contributed by atoms with van der Waals surface area (Å²) in [5.74, 6) is -3.24. The zero-order valence-corrected chi connectivity index (χ0v) is 18.9. The molecular formula is C25H22F4N4O3. The minimum absolute atomic E-state index is 0.0627. The third kappa shape index (κ3) is 5.30. The summed E-state index contributed by atoms with van der Waals surface area (Å²) in [6.45, 7) is 2.38. The number of benzene rings is 2. The number of nitrogen functional groups attached to an aromatic ring is 1. The van der Waals surface area contributed by atoms with Gasteiger partial charge in [0.2, 0.25) is 5.95 Å². The zero-order valence-electron chi connectivity index (χ0n) is 18.9. The maximum Gasteiger partial charge on any atom is 0.490 e. The van der Waals surface area contributed by atoms with E-state index in [-0.39, 0.29) is 11.7 Å². The predicted molar refractivity (Wildman–Crippen MR) is 125 cm³/mol. The molecule has 0 unspecified atom stereocenters. The van der Waals surface area contributed by atoms with Crippen LogP contribution in [0.25, 0.3) is 22.3 Å². The summed E-state index contributed by atoms with van der Waals surface area (Å²) in [4.78, 5) is 24.9. The Morgan fingerprint density at radius 2 is 1.56 bits per heavy atom. The number of nitrogens with zero attached hydrogens (tertiary/aromatic N) is 1. The first-order chi connectivity index (χ1) is 17.0. The molecule has 0 aliphatic carbocycles. The van der Waals surface area contributed by atoms with Gasteiger partial charge in [-0.2, -0.15) is 17.6 Å². The van der Waals surface area contributed by atoms with Gasteiger partial charge in [-0.1, -0.05) is 30.3 Å². The van der Waals surface area contributed by atoms with Gasteiger partial charge in [-0.15, -0.1) is 0 Å². The van der Waals surface area contributed by atoms with E-state index < -0.39 is 18.1 Å². The SMILES string of the molecule is Nc1nc(F)c(-c2ccc3c(c2)CCNC3)cc1-c1ccc2c(c1)CCNC2=O.O=C(O)C(F)(F)F. The number of carbonyl (C=O) groups is 2. The molecule has 3 aromatic rings. The molecule has 2 aliphatic rings. The van der Waals surface area contributed by atoms with Gasteiger partial charge in [0, 0.05) is 29.8 Å². The first-order valence-electron chi connectivity index (χ1n) is 11.0. The van der Waals surface area contributed by atoms with E-state index in [9.17, 15) is 22.4 Å². The lowest BCUT2D eigenvalue weighted by Gasteiger charge is -2.19. The Kier molecular flexibility index (Phi) is 6.93. The average Bonchev–Trinajstić information content (AvgIpc) is 2.83. The van der Waals surface area contributed by atoms with Crippen LogP contribution in [-0.4, -0.2) is 41.2 Å². The highest BCUT2D eigenvalue weighted by atomic mass is 19.4. The van der Waals surface area contributed by atoms with Crippen LogP contribution in [-0.2, 0) is 24.2 Å². The molecule has 2 aliphatic heterocycles. The molecule has 0 radical (unpaired) electrons. The number of carbonyl (C=O) groups excluding carboxylic acids is 1. The molecule has 0 fully saturated rings. The summed E-state index contributed by atoms with van der Waals surface area (Å²) >= 11 is 0. The topological polar surface area (TPSA) is 117 Å². The third-order valence-electron chi connectivity index (χ3n) is 5.99. The molecule has 11 heteroatoms. The maximum absolute atomic E-state index is 14.7. The van der Waals surface area contributed by atoms with Gasteiger partial charge in [-0.05, 0) is 59.3 Å². The fourth-order valence-corrected chi connectivity index (χ4v) is 4.18. The Morgan fingerprint density at radius 3 is 2.28 bits per heavy atom. The van der Waals surface area contributed by atoms with E-state index in [2.05, 4.69) is 15.6 Å². The summed E-state index contributed by atoms with van der Waals surface area (Å²) < 4.78 is 46.5. The standard InChI is InChI=1S/C23H21FN4O.C2HF3O2/c24-21-19(14-1-2-17-12-26-7-5-13(17)9-14)11-20(22(25)28-21)15-3-4-18-16(10-15)6-8-27-23(18)29;3-2(4,5)1(6)7/h1-4,9-11,26H,5-8,12H2,(H2,25,28)(H,27,29);(H,6,7). The molecule has 5 rings (SSSR count). The number of alkyl halides is 3. The number of rotatable bonds is 2. The number of pyridine rings is 1. The number of hydrogen-bond acceptors (Lipinski definition) is 5. The monoisotopic (exact) mass is 502 g/mol. The molecule has 1 aromatic heterocycles. The predicted octanol–water partition coefficient (Wildman–Crippen LogP) is 3.70. The normalized spacial score (nSPS) is 14.6. The van der Waals surface area contributed by atoms with E-state index in [1.165, 1.54) is 11.1 Å². The highest BCUT2D eigenvalue weighted by Crippen LogP contribution is 2.34. The number of nitrogens with one attached hydrogen (secondary N) is 2. The zero-order chi connectivity index (χ0) is 26.0. The van der Waals surface area contributed by atoms with Crippen LogP contribution in [0.1, 0.15) is 27.0 Å². The van der Waals surface area contributed by atoms with E-state index in [4.69, 9.17) is 15.6 Å². The molecule has 36 heavy (non-hydrogen) atoms. The first-order valence-corrected chi connectivity index (χ1v) is 11.0. The largest absolute Gasteiger partial charge is 0.490 e. The lowest BCUT2D eigenvalue weighted by molar-refractivity contribution is -0.192. The number of aromatic nitrogens is 1. The van der Waals surface area contributed by atoms with Crippen molar-refractivity contribution in [3.8, 4) is 22.3 Å². The van der Waals surface area contributed by atoms with Crippen LogP contribution in [0, 0.1) is 5.95 Å². The quantitative estimate of drug-likeness (QED) is 0.314. The molecule has 1 amide bonds. The highest BCUT2D eigenvalue weighted by molar-refractivity contribution is 5.97. The van der Waals surface area contributed by atoms with Gasteiger partial charge in [0.05, 0.1) is 0 Å². The van der Waals surface area contributed by atoms with Crippen molar-refractivity contribution in [3.05, 3.63) is 70.7 Å². The Labute approximate surface area is 203 Å². The second kappa shape index (κ2) is 9.94. The second-order valence-corrected chi connectivity index (χ2v) is 8.35. The van der Waals surface area contributed by atoms with Crippen LogP contribution in [0.5, 0.6) is 0 Å². The van der Waals surface area contributed by atoms with Crippen LogP contribution in [0.4, 0.5) is 23.4 Å². The van der Waals surface area contributed by atoms with E-state index >= 15 is 0 Å². The Hall–Kier alpha value is -3.99. The van der Waals surface area contributed by atoms with Crippen LogP contribution < -0.4 is 16.4 Å². The van der Waals surface area contributed by atoms with Gasteiger partial charge >= 0.3 is 12.1 Å². The number of amides is 1. The fourth-order valence-electron chi connectivity index (χ4n) is 4.18. The maximum atomic E-state index is 14.7. The Balaban J connectivity index is 0.000000384. The molecule has 2 aromatic carbocycles. The van der Waals surface area contributed by atoms with E-state index in [0.29, 0.717) is 23.2 Å². The lowest BCUT2D eigenvalue weighted by atomic mass is 9.92. The van der Waals surface area contributed by atoms with E-state index in [0.717, 1.165) is 42.6 Å². The van der Waals surface area contributed by atoms with Gasteiger partial charge in [0.25, 0.3) is 5.91 Å². The summed E-state index contributed by atoms with van der Waals surface area (Å²) in [5, 5.41) is 13.3. The van der Waals surface area contributed by atoms with Crippen molar-refractivity contribution in [2.75, 3.05) is 18.8 Å². The Morgan fingerprint density at radius 1 is 0.917 bits per heavy atom. The Bertz CT molecular complexity index is 1340. The number of nitrogens with two attached hydrogens (primary N) is 1. The minimum Gasteiger partial charge on any atom is -0.475 e. The van der Waals surface area contributed by atoms with E-state index in [1.54, 1.807) is 12.1 Å². The molecule has 7 nitrogen and oxygen atoms in total. The molecule has 0 saturated carbocycles. The van der Waals surface area contributed by atoms with Gasteiger partial charge in [-0.25, -0.2) is 9.78 Å². The van der Waals surface area contributed by atoms with Crippen molar-refractivity contribution >= 4 is 17.7 Å². The lowest BCUT2D eigenvalue weighted by Crippen LogP contribution is -2.31. The summed E-state index contributed by atoms with van der Waals surface area (Å²) in [5.41, 5.74) is 13.0. The van der Waals surface area contributed by atoms with Crippen molar-refractivity contribution in [3.63, 3.8) is 0 Å². The number of anilines is 1. The first kappa shape index (κ1) is 25.1. The summed E-state index contributed by atoms with van der Waals surface area (Å²) in [7, 11) is 0. The number of hydrogen-bond donors (Lipinski definition) is 4. The van der Waals surface area contributed by atoms with Crippen molar-refractivity contribution in [2.45, 2.75) is 25.6 Å². The van der Waals surface area contributed by atoms with Gasteiger partial charge in [-0.3, -0.25) is 4.79 Å². The van der Waals surface area contributed by atoms with Crippen LogP contribution in [0.15, 0.2) is 42.5 Å². The number of fused-ring (bicyclic) bond motifs is 2. The van der Waals surface area contributed by atoms with Gasteiger partial charge in [0.1, 0.15) is 5.82 Å². The van der Waals surface area contributed by atoms with Crippen molar-refractivity contribution in [1.29, 1.82) is 0 Å². The molecular weight excluding hydrogens is 480 g/mol. The number of halogens is 4. The van der Waals surface area contributed by atoms with Gasteiger partial charge in [0.15, 0.2) is 0 Å². The molecule has 5 N–H and O–H groups in total. The number of carboxylic acid groups (broad SMARTS) is 1. The van der Waals surface area contributed by atoms with Crippen LogP contribution in [0.3, 0.4) is 0 Å². The average molecular weight is 502 g/mol. The molecule has 0 bridgehead atoms. The number of aliphatic carboxylic acids is 1. The van der Waals surface area contributed by atoms with Crippen LogP contribution >= 0.6 is 0 Å². The number of carboxylic acids is 1. The second-order valence-electron chi connectivity index (χ2n) is 8.35. The van der Waals surface area contributed by atoms with Crippen molar-refractivity contribution < 1.29 is 32.3 Å². The molecule has 0 atom stereocenters. The van der Waals surface area contributed by atoms with Crippen molar-refractivity contribution in [2.24, 2.45) is 0 Å². The molecule has 0 saturated heterocycles. The third-order valence-corrected chi connectivity index (χ3v) is 5.99. The summed E-state index contributed by atoms with van der Waals surface area (Å²) in [6.07, 6.45) is -3.40. The fraction of sp³-hybridized carbons (Fsp3) is 0.240. The van der Waals surface area contributed by atoms with E-state index in [1.807, 2.05) is 30.3 Å². The molecule has 0 spiro atoms. The molecule has 3 heterocycles. The van der Waals surface area contributed by atoms with Gasteiger partial charge < -0.3 is 21.5 Å². The minimum atomic E-state index is -5.08. The molecule has 188 valence electrons. The smallest absolute Gasteiger partial charge is 0.475 e. The summed E-state index contributed by atoms with van der Waals surface area (Å²) in [6, 6.07) is 13.4.